The summed E-state index contributed by atoms with van der Waals surface area (Å²) < 4.78 is 10.5. The highest BCUT2D eigenvalue weighted by molar-refractivity contribution is 6.10. The van der Waals surface area contributed by atoms with Crippen LogP contribution in [0.4, 0.5) is 5.69 Å². The van der Waals surface area contributed by atoms with Crippen LogP contribution >= 0.6 is 0 Å². The Hall–Kier alpha value is -2.74. The van der Waals surface area contributed by atoms with Crippen LogP contribution in [0.1, 0.15) is 17.7 Å². The predicted octanol–water partition coefficient (Wildman–Crippen LogP) is 0.359. The zero-order valence-corrected chi connectivity index (χ0v) is 15.5. The summed E-state index contributed by atoms with van der Waals surface area (Å²) in [6.07, 6.45) is 4.07. The number of hydrogen-bond donors (Lipinski definition) is 2. The van der Waals surface area contributed by atoms with Crippen molar-refractivity contribution >= 4 is 23.5 Å². The predicted molar refractivity (Wildman–Crippen MR) is 102 cm³/mol. The minimum Gasteiger partial charge on any atom is -0.465 e. The van der Waals surface area contributed by atoms with Gasteiger partial charge >= 0.3 is 0 Å². The number of hydrogen-bond acceptors (Lipinski definition) is 5. The van der Waals surface area contributed by atoms with Crippen molar-refractivity contribution < 1.29 is 28.7 Å². The average molecular weight is 383 g/mol. The smallest absolute Gasteiger partial charge is 0.268 e. The second-order valence-electron chi connectivity index (χ2n) is 7.12. The molecule has 0 saturated carbocycles. The number of carbonyl (C=O) groups is 2. The third kappa shape index (κ3) is 3.52. The Morgan fingerprint density at radius 1 is 1.21 bits per heavy atom. The number of nitrogens with one attached hydrogen (secondary N) is 1. The van der Waals surface area contributed by atoms with Crippen LogP contribution in [0.5, 0.6) is 0 Å². The molecule has 146 valence electrons. The van der Waals surface area contributed by atoms with E-state index in [1.807, 2.05) is 12.1 Å². The lowest BCUT2D eigenvalue weighted by atomic mass is 9.90. The molecule has 2 aromatic rings. The number of morpholine rings is 1. The van der Waals surface area contributed by atoms with Crippen molar-refractivity contribution in [3.8, 4) is 0 Å². The summed E-state index contributed by atoms with van der Waals surface area (Å²) in [6, 6.07) is 10.6. The first-order valence-electron chi connectivity index (χ1n) is 9.37. The summed E-state index contributed by atoms with van der Waals surface area (Å²) in [6.45, 7) is 3.35. The number of ether oxygens (including phenoxy) is 1. The Kier molecular flexibility index (Phi) is 5.13. The van der Waals surface area contributed by atoms with Gasteiger partial charge in [0.25, 0.3) is 5.91 Å². The molecule has 0 spiro atoms. The van der Waals surface area contributed by atoms with Crippen LogP contribution in [0.25, 0.3) is 6.08 Å². The summed E-state index contributed by atoms with van der Waals surface area (Å²) in [5.41, 5.74) is -0.711. The third-order valence-electron chi connectivity index (χ3n) is 5.23. The maximum Gasteiger partial charge on any atom is 0.268 e. The molecule has 1 atom stereocenters. The molecular weight excluding hydrogens is 360 g/mol. The number of nitrogens with zero attached hydrogens (tertiary/aromatic N) is 1. The van der Waals surface area contributed by atoms with E-state index in [2.05, 4.69) is 0 Å². The zero-order valence-electron chi connectivity index (χ0n) is 15.5. The highest BCUT2D eigenvalue weighted by Crippen LogP contribution is 2.41. The van der Waals surface area contributed by atoms with Crippen LogP contribution < -0.4 is 9.80 Å². The van der Waals surface area contributed by atoms with Gasteiger partial charge in [0.15, 0.2) is 18.1 Å². The van der Waals surface area contributed by atoms with E-state index in [9.17, 15) is 14.7 Å². The Morgan fingerprint density at radius 3 is 2.75 bits per heavy atom. The number of aliphatic hydroxyl groups is 1. The fourth-order valence-electron chi connectivity index (χ4n) is 3.75. The van der Waals surface area contributed by atoms with Crippen molar-refractivity contribution in [3.05, 3.63) is 60.1 Å². The number of quaternary nitrogens is 1. The number of anilines is 1. The van der Waals surface area contributed by atoms with Crippen molar-refractivity contribution in [2.75, 3.05) is 37.9 Å². The molecule has 2 aliphatic heterocycles. The Bertz CT molecular complexity index is 886. The van der Waals surface area contributed by atoms with E-state index in [1.165, 1.54) is 23.3 Å². The number of amides is 1. The van der Waals surface area contributed by atoms with Gasteiger partial charge in [0.1, 0.15) is 18.8 Å². The van der Waals surface area contributed by atoms with Gasteiger partial charge in [0.05, 0.1) is 31.6 Å². The monoisotopic (exact) mass is 383 g/mol. The van der Waals surface area contributed by atoms with Crippen LogP contribution in [0.2, 0.25) is 0 Å². The van der Waals surface area contributed by atoms with Crippen molar-refractivity contribution in [2.24, 2.45) is 0 Å². The Labute approximate surface area is 162 Å². The summed E-state index contributed by atoms with van der Waals surface area (Å²) in [5, 5.41) is 11.2. The van der Waals surface area contributed by atoms with Crippen molar-refractivity contribution in [3.63, 3.8) is 0 Å². The van der Waals surface area contributed by atoms with Gasteiger partial charge in [-0.25, -0.2) is 0 Å². The van der Waals surface area contributed by atoms with Gasteiger partial charge in [-0.3, -0.25) is 14.5 Å². The van der Waals surface area contributed by atoms with Gasteiger partial charge in [0.2, 0.25) is 0 Å². The first-order chi connectivity index (χ1) is 13.6. The minimum absolute atomic E-state index is 0.311. The Balaban J connectivity index is 1.55. The zero-order chi connectivity index (χ0) is 19.6. The number of ketones is 1. The summed E-state index contributed by atoms with van der Waals surface area (Å²) in [5.74, 6) is -0.258. The molecule has 2 aliphatic rings. The molecule has 0 bridgehead atoms. The molecule has 7 heteroatoms. The van der Waals surface area contributed by atoms with Gasteiger partial charge in [-0.05, 0) is 30.4 Å². The lowest BCUT2D eigenvalue weighted by molar-refractivity contribution is -0.906. The standard InChI is InChI=1S/C21H22N2O5/c24-16(7-8-17-4-3-11-28-17)14-21(26)18-5-1-2-6-19(18)23(20(21)25)15-22-9-12-27-13-10-22/h1-8,11,26H,9-10,12-15H2/p+1/b8-7+/t21-/m1/s1. The first kappa shape index (κ1) is 18.6. The second-order valence-corrected chi connectivity index (χ2v) is 7.12. The Morgan fingerprint density at radius 2 is 2.00 bits per heavy atom. The topological polar surface area (TPSA) is 84.4 Å². The quantitative estimate of drug-likeness (QED) is 0.704. The second kappa shape index (κ2) is 7.71. The van der Waals surface area contributed by atoms with Gasteiger partial charge in [-0.2, -0.15) is 0 Å². The molecule has 0 aliphatic carbocycles. The number of fused-ring (bicyclic) bond motifs is 1. The van der Waals surface area contributed by atoms with Crippen LogP contribution in [0.15, 0.2) is 53.2 Å². The molecule has 0 unspecified atom stereocenters. The van der Waals surface area contributed by atoms with Gasteiger partial charge in [0, 0.05) is 5.56 Å². The van der Waals surface area contributed by atoms with Gasteiger partial charge in [-0.15, -0.1) is 0 Å². The molecule has 0 radical (unpaired) electrons. The molecule has 7 nitrogen and oxygen atoms in total. The third-order valence-corrected chi connectivity index (χ3v) is 5.23. The van der Waals surface area contributed by atoms with Gasteiger partial charge < -0.3 is 19.2 Å². The molecule has 1 aromatic carbocycles. The lowest BCUT2D eigenvalue weighted by Crippen LogP contribution is -3.15. The number of rotatable bonds is 6. The van der Waals surface area contributed by atoms with Gasteiger partial charge in [-0.1, -0.05) is 18.2 Å². The highest BCUT2D eigenvalue weighted by Gasteiger charge is 2.51. The minimum atomic E-state index is -1.85. The molecule has 3 heterocycles. The van der Waals surface area contributed by atoms with E-state index < -0.39 is 11.5 Å². The van der Waals surface area contributed by atoms with E-state index in [-0.39, 0.29) is 12.2 Å². The first-order valence-corrected chi connectivity index (χ1v) is 9.37. The van der Waals surface area contributed by atoms with Crippen LogP contribution in [0, 0.1) is 0 Å². The van der Waals surface area contributed by atoms with E-state index in [0.29, 0.717) is 36.9 Å². The fraction of sp³-hybridized carbons (Fsp3) is 0.333. The maximum atomic E-state index is 13.2. The average Bonchev–Trinajstić information content (AvgIpc) is 3.30. The number of carbonyl (C=O) groups excluding carboxylic acids is 2. The summed E-state index contributed by atoms with van der Waals surface area (Å²) in [7, 11) is 0. The van der Waals surface area contributed by atoms with E-state index >= 15 is 0 Å². The van der Waals surface area contributed by atoms with E-state index in [1.54, 1.807) is 29.2 Å². The van der Waals surface area contributed by atoms with Crippen LogP contribution in [-0.4, -0.2) is 49.8 Å². The molecule has 28 heavy (non-hydrogen) atoms. The largest absolute Gasteiger partial charge is 0.465 e. The molecule has 1 fully saturated rings. The normalized spacial score (nSPS) is 22.8. The highest BCUT2D eigenvalue weighted by atomic mass is 16.5. The van der Waals surface area contributed by atoms with E-state index in [0.717, 1.165) is 13.1 Å². The van der Waals surface area contributed by atoms with E-state index in [4.69, 9.17) is 9.15 Å². The molecule has 4 rings (SSSR count). The summed E-state index contributed by atoms with van der Waals surface area (Å²) >= 11 is 0. The number of para-hydroxylation sites is 1. The molecule has 1 saturated heterocycles. The molecular formula is C21H23N2O5+. The number of allylic oxidation sites excluding steroid dienone is 1. The molecule has 1 aromatic heterocycles. The van der Waals surface area contributed by atoms with Crippen molar-refractivity contribution in [2.45, 2.75) is 12.0 Å². The van der Waals surface area contributed by atoms with Crippen LogP contribution in [0.3, 0.4) is 0 Å². The van der Waals surface area contributed by atoms with Crippen molar-refractivity contribution in [1.29, 1.82) is 0 Å². The lowest BCUT2D eigenvalue weighted by Gasteiger charge is -2.29. The summed E-state index contributed by atoms with van der Waals surface area (Å²) in [4.78, 5) is 28.4. The molecule has 1 amide bonds. The van der Waals surface area contributed by atoms with Crippen molar-refractivity contribution in [1.82, 2.24) is 0 Å². The fourth-order valence-corrected chi connectivity index (χ4v) is 3.75. The molecule has 2 N–H and O–H groups in total. The SMILES string of the molecule is O=C(/C=C/c1ccco1)C[C@]1(O)C(=O)N(C[NH+]2CCOCC2)c2ccccc21. The maximum absolute atomic E-state index is 13.2. The number of benzene rings is 1. The number of furan rings is 1. The van der Waals surface area contributed by atoms with Crippen LogP contribution in [-0.2, 0) is 19.9 Å².